The Hall–Kier alpha value is -4.13. The van der Waals surface area contributed by atoms with Crippen LogP contribution in [-0.2, 0) is 16.0 Å². The highest BCUT2D eigenvalue weighted by Crippen LogP contribution is 2.44. The maximum Gasteiger partial charge on any atom is 0.407 e. The number of ether oxygens (including phenoxy) is 1. The van der Waals surface area contributed by atoms with Gasteiger partial charge >= 0.3 is 12.1 Å². The van der Waals surface area contributed by atoms with Gasteiger partial charge < -0.3 is 20.1 Å². The summed E-state index contributed by atoms with van der Waals surface area (Å²) in [5.74, 6) is -1.29. The molecule has 7 heteroatoms. The average Bonchev–Trinajstić information content (AvgIpc) is 3.16. The fourth-order valence-corrected chi connectivity index (χ4v) is 4.94. The third-order valence-electron chi connectivity index (χ3n) is 6.82. The van der Waals surface area contributed by atoms with Crippen molar-refractivity contribution in [3.63, 3.8) is 0 Å². The highest BCUT2D eigenvalue weighted by Gasteiger charge is 2.38. The number of hydrogen-bond donors (Lipinski definition) is 2. The van der Waals surface area contributed by atoms with Crippen LogP contribution in [-0.4, -0.2) is 53.7 Å². The van der Waals surface area contributed by atoms with Gasteiger partial charge in [-0.1, -0.05) is 66.7 Å². The van der Waals surface area contributed by atoms with Crippen LogP contribution in [0.25, 0.3) is 11.1 Å². The van der Waals surface area contributed by atoms with E-state index >= 15 is 0 Å². The van der Waals surface area contributed by atoms with Crippen LogP contribution >= 0.6 is 0 Å². The molecule has 5 rings (SSSR count). The fraction of sp³-hybridized carbons (Fsp3) is 0.250. The van der Waals surface area contributed by atoms with Crippen LogP contribution in [0.2, 0.25) is 0 Å². The zero-order valence-corrected chi connectivity index (χ0v) is 19.1. The lowest BCUT2D eigenvalue weighted by Crippen LogP contribution is -2.55. The molecule has 1 unspecified atom stereocenters. The van der Waals surface area contributed by atoms with E-state index in [-0.39, 0.29) is 18.4 Å². The zero-order valence-electron chi connectivity index (χ0n) is 19.1. The molecule has 1 saturated heterocycles. The number of carbonyl (C=O) groups is 3. The lowest BCUT2D eigenvalue weighted by molar-refractivity contribution is -0.146. The summed E-state index contributed by atoms with van der Waals surface area (Å²) in [6.45, 7) is 0.964. The summed E-state index contributed by atoms with van der Waals surface area (Å²) in [4.78, 5) is 38.0. The van der Waals surface area contributed by atoms with Crippen molar-refractivity contribution >= 4 is 18.0 Å². The number of aliphatic carboxylic acids is 1. The molecule has 1 atom stereocenters. The molecule has 1 fully saturated rings. The second-order valence-corrected chi connectivity index (χ2v) is 8.80. The van der Waals surface area contributed by atoms with E-state index in [0.717, 1.165) is 16.7 Å². The normalized spacial score (nSPS) is 16.1. The Morgan fingerprint density at radius 2 is 1.54 bits per heavy atom. The van der Waals surface area contributed by atoms with E-state index in [9.17, 15) is 19.5 Å². The second kappa shape index (κ2) is 9.62. The van der Waals surface area contributed by atoms with E-state index in [2.05, 4.69) is 29.6 Å². The molecule has 0 spiro atoms. The van der Waals surface area contributed by atoms with E-state index < -0.39 is 18.1 Å². The SMILES string of the molecule is O=C(NCCc1ccccc1C(=O)N1CCC1C(=O)O)OCC1c2ccccc2-c2ccccc21. The van der Waals surface area contributed by atoms with E-state index in [4.69, 9.17) is 4.74 Å². The predicted molar refractivity (Wildman–Crippen MR) is 130 cm³/mol. The molecular formula is C28H26N2O5. The molecule has 2 N–H and O–H groups in total. The van der Waals surface area contributed by atoms with Gasteiger partial charge in [0.1, 0.15) is 12.6 Å². The van der Waals surface area contributed by atoms with Crippen molar-refractivity contribution in [2.45, 2.75) is 24.8 Å². The summed E-state index contributed by atoms with van der Waals surface area (Å²) in [6.07, 6.45) is 0.383. The van der Waals surface area contributed by atoms with Crippen LogP contribution in [0.1, 0.15) is 39.4 Å². The Balaban J connectivity index is 1.17. The molecule has 0 saturated carbocycles. The van der Waals surface area contributed by atoms with Crippen LogP contribution in [0, 0.1) is 0 Å². The van der Waals surface area contributed by atoms with Crippen LogP contribution in [0.15, 0.2) is 72.8 Å². The third-order valence-corrected chi connectivity index (χ3v) is 6.82. The highest BCUT2D eigenvalue weighted by atomic mass is 16.5. The molecule has 1 aliphatic heterocycles. The van der Waals surface area contributed by atoms with E-state index in [1.165, 1.54) is 16.0 Å². The van der Waals surface area contributed by atoms with Crippen molar-refractivity contribution < 1.29 is 24.2 Å². The number of likely N-dealkylation sites (tertiary alicyclic amines) is 1. The standard InChI is InChI=1S/C28H26N2O5/c31-26(30-16-14-25(30)27(32)33)19-8-2-1-7-18(19)13-15-29-28(34)35-17-24-22-11-5-3-9-20(22)21-10-4-6-12-23(21)24/h1-12,24-25H,13-17H2,(H,29,34)(H,32,33). The number of carbonyl (C=O) groups excluding carboxylic acids is 2. The predicted octanol–water partition coefficient (Wildman–Crippen LogP) is 4.07. The molecule has 2 aliphatic rings. The number of hydrogen-bond acceptors (Lipinski definition) is 4. The average molecular weight is 471 g/mol. The number of nitrogens with zero attached hydrogens (tertiary/aromatic N) is 1. The van der Waals surface area contributed by atoms with Gasteiger partial charge in [-0.15, -0.1) is 0 Å². The van der Waals surface area contributed by atoms with Crippen molar-refractivity contribution in [2.24, 2.45) is 0 Å². The van der Waals surface area contributed by atoms with Gasteiger partial charge in [-0.2, -0.15) is 0 Å². The molecule has 0 bridgehead atoms. The van der Waals surface area contributed by atoms with Crippen LogP contribution in [0.3, 0.4) is 0 Å². The summed E-state index contributed by atoms with van der Waals surface area (Å²) in [7, 11) is 0. The van der Waals surface area contributed by atoms with Crippen LogP contribution in [0.5, 0.6) is 0 Å². The first-order chi connectivity index (χ1) is 17.0. The first-order valence-electron chi connectivity index (χ1n) is 11.7. The van der Waals surface area contributed by atoms with Crippen LogP contribution < -0.4 is 5.32 Å². The Kier molecular flexibility index (Phi) is 6.23. The van der Waals surface area contributed by atoms with E-state index in [1.54, 1.807) is 12.1 Å². The molecule has 178 valence electrons. The molecule has 3 aromatic rings. The highest BCUT2D eigenvalue weighted by molar-refractivity contribution is 5.98. The first kappa shape index (κ1) is 22.7. The topological polar surface area (TPSA) is 95.9 Å². The first-order valence-corrected chi connectivity index (χ1v) is 11.7. The number of carboxylic acids is 1. The number of nitrogens with one attached hydrogen (secondary N) is 1. The molecule has 0 radical (unpaired) electrons. The Morgan fingerprint density at radius 1 is 0.914 bits per heavy atom. The van der Waals surface area contributed by atoms with Crippen molar-refractivity contribution in [3.8, 4) is 11.1 Å². The molecule has 0 aromatic heterocycles. The Labute approximate surface area is 203 Å². The minimum absolute atomic E-state index is 0.00907. The van der Waals surface area contributed by atoms with Gasteiger partial charge in [-0.3, -0.25) is 4.79 Å². The van der Waals surface area contributed by atoms with Gasteiger partial charge in [0.15, 0.2) is 0 Å². The number of alkyl carbamates (subject to hydrolysis) is 1. The number of fused-ring (bicyclic) bond motifs is 3. The lowest BCUT2D eigenvalue weighted by atomic mass is 9.98. The van der Waals surface area contributed by atoms with Crippen molar-refractivity contribution in [3.05, 3.63) is 95.1 Å². The number of amides is 2. The summed E-state index contributed by atoms with van der Waals surface area (Å²) in [5.41, 5.74) is 5.87. The smallest absolute Gasteiger partial charge is 0.407 e. The summed E-state index contributed by atoms with van der Waals surface area (Å²) >= 11 is 0. The van der Waals surface area contributed by atoms with E-state index in [0.29, 0.717) is 31.5 Å². The molecular weight excluding hydrogens is 444 g/mol. The third kappa shape index (κ3) is 4.37. The maximum atomic E-state index is 12.9. The Morgan fingerprint density at radius 3 is 2.17 bits per heavy atom. The number of benzene rings is 3. The van der Waals surface area contributed by atoms with Crippen molar-refractivity contribution in [1.82, 2.24) is 10.2 Å². The molecule has 3 aromatic carbocycles. The molecule has 7 nitrogen and oxygen atoms in total. The number of carboxylic acid groups (broad SMARTS) is 1. The van der Waals surface area contributed by atoms with Gasteiger partial charge in [0.2, 0.25) is 0 Å². The van der Waals surface area contributed by atoms with Crippen LogP contribution in [0.4, 0.5) is 4.79 Å². The minimum atomic E-state index is -0.987. The fourth-order valence-electron chi connectivity index (χ4n) is 4.94. The van der Waals surface area contributed by atoms with Gasteiger partial charge in [0.25, 0.3) is 5.91 Å². The molecule has 1 heterocycles. The maximum absolute atomic E-state index is 12.9. The number of rotatable bonds is 7. The molecule has 1 aliphatic carbocycles. The zero-order chi connectivity index (χ0) is 24.4. The summed E-state index contributed by atoms with van der Waals surface area (Å²) in [5, 5.41) is 12.0. The molecule has 2 amide bonds. The van der Waals surface area contributed by atoms with Gasteiger partial charge in [-0.05, 0) is 46.7 Å². The summed E-state index contributed by atoms with van der Waals surface area (Å²) < 4.78 is 5.57. The summed E-state index contributed by atoms with van der Waals surface area (Å²) in [6, 6.07) is 22.7. The second-order valence-electron chi connectivity index (χ2n) is 8.80. The van der Waals surface area contributed by atoms with Gasteiger partial charge in [0.05, 0.1) is 0 Å². The minimum Gasteiger partial charge on any atom is -0.480 e. The monoisotopic (exact) mass is 470 g/mol. The van der Waals surface area contributed by atoms with E-state index in [1.807, 2.05) is 36.4 Å². The van der Waals surface area contributed by atoms with Gasteiger partial charge in [0, 0.05) is 24.6 Å². The largest absolute Gasteiger partial charge is 0.480 e. The lowest BCUT2D eigenvalue weighted by Gasteiger charge is -2.38. The van der Waals surface area contributed by atoms with Crippen molar-refractivity contribution in [1.29, 1.82) is 0 Å². The van der Waals surface area contributed by atoms with Gasteiger partial charge in [-0.25, -0.2) is 9.59 Å². The Bertz CT molecular complexity index is 1240. The van der Waals surface area contributed by atoms with Crippen molar-refractivity contribution in [2.75, 3.05) is 19.7 Å². The quantitative estimate of drug-likeness (QED) is 0.543. The molecule has 35 heavy (non-hydrogen) atoms.